The molecule has 1 amide bonds. The number of hydrogen-bond acceptors (Lipinski definition) is 8. The number of nitrogens with zero attached hydrogens (tertiary/aromatic N) is 2. The summed E-state index contributed by atoms with van der Waals surface area (Å²) < 4.78 is 17.1. The van der Waals surface area contributed by atoms with Crippen molar-refractivity contribution in [2.45, 2.75) is 51.2 Å². The van der Waals surface area contributed by atoms with E-state index in [9.17, 15) is 19.5 Å². The summed E-state index contributed by atoms with van der Waals surface area (Å²) in [4.78, 5) is 45.7. The summed E-state index contributed by atoms with van der Waals surface area (Å²) in [6.07, 6.45) is 2.84. The Morgan fingerprint density at radius 2 is 2.05 bits per heavy atom. The molecule has 0 saturated heterocycles. The second-order valence-corrected chi connectivity index (χ2v) is 9.81. The van der Waals surface area contributed by atoms with Crippen molar-refractivity contribution in [1.29, 1.82) is 0 Å². The average molecular weight is 507 g/mol. The van der Waals surface area contributed by atoms with Gasteiger partial charge in [0.15, 0.2) is 0 Å². The lowest BCUT2D eigenvalue weighted by Crippen LogP contribution is -2.51. The van der Waals surface area contributed by atoms with Crippen molar-refractivity contribution in [3.05, 3.63) is 58.8 Å². The lowest BCUT2D eigenvalue weighted by molar-refractivity contribution is -0.185. The zero-order chi connectivity index (χ0) is 26.4. The number of para-hydroxylation sites is 1. The monoisotopic (exact) mass is 506 g/mol. The number of aliphatic hydroxyl groups excluding tert-OH is 1. The van der Waals surface area contributed by atoms with Crippen LogP contribution in [0.1, 0.15) is 56.1 Å². The van der Waals surface area contributed by atoms with Gasteiger partial charge in [-0.2, -0.15) is 0 Å². The predicted molar refractivity (Wildman–Crippen MR) is 134 cm³/mol. The first-order chi connectivity index (χ1) is 17.7. The molecule has 2 atom stereocenters. The van der Waals surface area contributed by atoms with Gasteiger partial charge in [0.25, 0.3) is 5.91 Å². The first-order valence-electron chi connectivity index (χ1n) is 12.6. The average Bonchev–Trinajstić information content (AvgIpc) is 3.17. The molecule has 0 aliphatic carbocycles. The van der Waals surface area contributed by atoms with Crippen LogP contribution in [-0.4, -0.2) is 70.4 Å². The zero-order valence-electron chi connectivity index (χ0n) is 21.2. The van der Waals surface area contributed by atoms with Gasteiger partial charge in [0.1, 0.15) is 18.9 Å². The molecule has 0 radical (unpaired) electrons. The van der Waals surface area contributed by atoms with Crippen LogP contribution in [0.3, 0.4) is 0 Å². The number of rotatable bonds is 8. The van der Waals surface area contributed by atoms with Gasteiger partial charge in [0, 0.05) is 17.6 Å². The van der Waals surface area contributed by atoms with E-state index in [0.29, 0.717) is 40.9 Å². The van der Waals surface area contributed by atoms with Gasteiger partial charge in [0.05, 0.1) is 28.9 Å². The summed E-state index contributed by atoms with van der Waals surface area (Å²) in [5.74, 6) is -1.53. The maximum absolute atomic E-state index is 13.3. The SMILES string of the molecule is CCC(C)(CCO)OCC(=O)O[C@]1(CC)C(=O)OCC2=C1C=C1c3nc4ccccc4cc3C(=O)N1C2. The highest BCUT2D eigenvalue weighted by Gasteiger charge is 2.52. The maximum atomic E-state index is 13.3. The minimum Gasteiger partial charge on any atom is -0.458 e. The molecule has 0 fully saturated rings. The smallest absolute Gasteiger partial charge is 0.355 e. The van der Waals surface area contributed by atoms with Crippen LogP contribution in [0, 0.1) is 0 Å². The summed E-state index contributed by atoms with van der Waals surface area (Å²) >= 11 is 0. The molecule has 1 N–H and O–H groups in total. The summed E-state index contributed by atoms with van der Waals surface area (Å²) in [5.41, 5.74) is 1.23. The maximum Gasteiger partial charge on any atom is 0.355 e. The van der Waals surface area contributed by atoms with E-state index in [1.807, 2.05) is 44.2 Å². The number of esters is 2. The number of aromatic nitrogens is 1. The fourth-order valence-electron chi connectivity index (χ4n) is 5.13. The molecule has 0 spiro atoms. The number of carbonyl (C=O) groups excluding carboxylic acids is 3. The number of fused-ring (bicyclic) bond motifs is 4. The Bertz CT molecular complexity index is 1360. The number of hydrogen-bond donors (Lipinski definition) is 1. The fraction of sp³-hybridized carbons (Fsp3) is 0.429. The number of benzene rings is 1. The summed E-state index contributed by atoms with van der Waals surface area (Å²) in [5, 5.41) is 10.2. The largest absolute Gasteiger partial charge is 0.458 e. The van der Waals surface area contributed by atoms with Crippen LogP contribution in [0.5, 0.6) is 0 Å². The van der Waals surface area contributed by atoms with Crippen LogP contribution in [-0.2, 0) is 23.8 Å². The van der Waals surface area contributed by atoms with Crippen molar-refractivity contribution >= 4 is 34.4 Å². The standard InChI is InChI=1S/C28H30N2O7/c1-4-27(3,10-11-31)36-16-23(32)37-28(5-2)20-13-22-24-19(12-17-8-6-7-9-21(17)29-24)25(33)30(22)14-18(20)15-35-26(28)34/h6-9,12-13,31H,4-5,10-11,14-16H2,1-3H3/t27?,28-/m0/s1. The fourth-order valence-corrected chi connectivity index (χ4v) is 5.13. The summed E-state index contributed by atoms with van der Waals surface area (Å²) in [6.45, 7) is 5.23. The molecular weight excluding hydrogens is 476 g/mol. The van der Waals surface area contributed by atoms with Gasteiger partial charge in [-0.25, -0.2) is 14.6 Å². The van der Waals surface area contributed by atoms with E-state index in [2.05, 4.69) is 0 Å². The van der Waals surface area contributed by atoms with Gasteiger partial charge in [0.2, 0.25) is 5.60 Å². The first kappa shape index (κ1) is 25.1. The predicted octanol–water partition coefficient (Wildman–Crippen LogP) is 3.16. The Kier molecular flexibility index (Phi) is 6.37. The Morgan fingerprint density at radius 1 is 1.27 bits per heavy atom. The lowest BCUT2D eigenvalue weighted by atomic mass is 9.82. The Morgan fingerprint density at radius 3 is 2.78 bits per heavy atom. The number of aliphatic hydroxyl groups is 1. The molecule has 9 nitrogen and oxygen atoms in total. The molecule has 1 aromatic heterocycles. The second kappa shape index (κ2) is 9.39. The van der Waals surface area contributed by atoms with Gasteiger partial charge >= 0.3 is 11.9 Å². The Balaban J connectivity index is 1.50. The number of carbonyl (C=O) groups is 3. The van der Waals surface area contributed by atoms with Crippen molar-refractivity contribution in [1.82, 2.24) is 9.88 Å². The molecule has 0 bridgehead atoms. The van der Waals surface area contributed by atoms with Crippen molar-refractivity contribution < 1.29 is 33.7 Å². The van der Waals surface area contributed by atoms with Crippen LogP contribution >= 0.6 is 0 Å². The number of cyclic esters (lactones) is 1. The second-order valence-electron chi connectivity index (χ2n) is 9.81. The van der Waals surface area contributed by atoms with Gasteiger partial charge in [-0.15, -0.1) is 0 Å². The minimum absolute atomic E-state index is 0.00762. The molecule has 194 valence electrons. The number of amides is 1. The van der Waals surface area contributed by atoms with Crippen molar-refractivity contribution in [3.8, 4) is 0 Å². The van der Waals surface area contributed by atoms with Gasteiger partial charge in [-0.3, -0.25) is 4.79 Å². The summed E-state index contributed by atoms with van der Waals surface area (Å²) in [6, 6.07) is 9.41. The van der Waals surface area contributed by atoms with E-state index in [1.165, 1.54) is 0 Å². The molecular formula is C28H30N2O7. The van der Waals surface area contributed by atoms with Gasteiger partial charge in [-0.1, -0.05) is 32.0 Å². The Hall–Kier alpha value is -3.56. The number of pyridine rings is 1. The molecule has 9 heteroatoms. The van der Waals surface area contributed by atoms with Gasteiger partial charge in [-0.05, 0) is 50.0 Å². The highest BCUT2D eigenvalue weighted by molar-refractivity contribution is 6.11. The van der Waals surface area contributed by atoms with E-state index < -0.39 is 23.1 Å². The number of ether oxygens (including phenoxy) is 3. The topological polar surface area (TPSA) is 115 Å². The van der Waals surface area contributed by atoms with Crippen LogP contribution < -0.4 is 0 Å². The van der Waals surface area contributed by atoms with E-state index in [-0.39, 0.29) is 38.7 Å². The highest BCUT2D eigenvalue weighted by atomic mass is 16.6. The molecule has 1 aromatic carbocycles. The Labute approximate surface area is 214 Å². The molecule has 4 heterocycles. The molecule has 2 aromatic rings. The van der Waals surface area contributed by atoms with Crippen LogP contribution in [0.2, 0.25) is 0 Å². The minimum atomic E-state index is -1.66. The molecule has 3 aliphatic heterocycles. The van der Waals surface area contributed by atoms with E-state index in [1.54, 1.807) is 17.9 Å². The molecule has 37 heavy (non-hydrogen) atoms. The summed E-state index contributed by atoms with van der Waals surface area (Å²) in [7, 11) is 0. The van der Waals surface area contributed by atoms with Gasteiger partial charge < -0.3 is 24.2 Å². The van der Waals surface area contributed by atoms with E-state index in [0.717, 1.165) is 10.9 Å². The third-order valence-corrected chi connectivity index (χ3v) is 7.60. The molecule has 3 aliphatic rings. The quantitative estimate of drug-likeness (QED) is 0.543. The third kappa shape index (κ3) is 4.12. The normalized spacial score (nSPS) is 22.2. The molecule has 1 unspecified atom stereocenters. The third-order valence-electron chi connectivity index (χ3n) is 7.60. The molecule has 0 saturated carbocycles. The van der Waals surface area contributed by atoms with E-state index >= 15 is 0 Å². The highest BCUT2D eigenvalue weighted by Crippen LogP contribution is 2.44. The van der Waals surface area contributed by atoms with Crippen molar-refractivity contribution in [2.75, 3.05) is 26.4 Å². The molecule has 5 rings (SSSR count). The lowest BCUT2D eigenvalue weighted by Gasteiger charge is -2.40. The van der Waals surface area contributed by atoms with E-state index in [4.69, 9.17) is 19.2 Å². The van der Waals surface area contributed by atoms with Crippen molar-refractivity contribution in [2.24, 2.45) is 0 Å². The van der Waals surface area contributed by atoms with Crippen LogP contribution in [0.15, 0.2) is 47.6 Å². The zero-order valence-corrected chi connectivity index (χ0v) is 21.2. The first-order valence-corrected chi connectivity index (χ1v) is 12.6. The van der Waals surface area contributed by atoms with Crippen molar-refractivity contribution in [3.63, 3.8) is 0 Å². The van der Waals surface area contributed by atoms with Crippen LogP contribution in [0.25, 0.3) is 16.6 Å². The van der Waals surface area contributed by atoms with Crippen LogP contribution in [0.4, 0.5) is 0 Å².